The molecule has 0 fully saturated rings. The zero-order valence-electron chi connectivity index (χ0n) is 12.7. The highest BCUT2D eigenvalue weighted by molar-refractivity contribution is 6.04. The Morgan fingerprint density at radius 3 is 2.75 bits per heavy atom. The molecule has 7 heteroatoms. The van der Waals surface area contributed by atoms with Crippen LogP contribution in [0, 0.1) is 5.82 Å². The number of aromatic nitrogens is 2. The van der Waals surface area contributed by atoms with E-state index < -0.39 is 17.8 Å². The van der Waals surface area contributed by atoms with Crippen LogP contribution in [-0.4, -0.2) is 38.7 Å². The van der Waals surface area contributed by atoms with Gasteiger partial charge in [0.25, 0.3) is 5.91 Å². The monoisotopic (exact) mass is 329 g/mol. The number of carbonyl (C=O) groups excluding carboxylic acids is 1. The number of aromatic amines is 1. The minimum absolute atomic E-state index is 0.107. The van der Waals surface area contributed by atoms with Gasteiger partial charge in [0.1, 0.15) is 17.1 Å². The smallest absolute Gasteiger partial charge is 0.253 e. The highest BCUT2D eigenvalue weighted by atomic mass is 19.1. The molecule has 0 saturated heterocycles. The fourth-order valence-corrected chi connectivity index (χ4v) is 2.53. The largest absolute Gasteiger partial charge is 0.508 e. The Kier molecular flexibility index (Phi) is 4.43. The van der Waals surface area contributed by atoms with Crippen LogP contribution < -0.4 is 5.32 Å². The molecule has 0 spiro atoms. The number of aromatic hydroxyl groups is 1. The van der Waals surface area contributed by atoms with Crippen molar-refractivity contribution in [1.29, 1.82) is 0 Å². The molecule has 1 heterocycles. The van der Waals surface area contributed by atoms with Gasteiger partial charge in [-0.3, -0.25) is 4.79 Å². The fraction of sp³-hybridized carbons (Fsp3) is 0.176. The molecule has 1 aromatic heterocycles. The van der Waals surface area contributed by atoms with E-state index in [-0.39, 0.29) is 17.9 Å². The highest BCUT2D eigenvalue weighted by Crippen LogP contribution is 2.18. The molecule has 124 valence electrons. The molecular weight excluding hydrogens is 313 g/mol. The number of aliphatic hydroxyl groups excluding tert-OH is 1. The normalized spacial score (nSPS) is 12.2. The van der Waals surface area contributed by atoms with Gasteiger partial charge in [-0.1, -0.05) is 12.1 Å². The first-order valence-electron chi connectivity index (χ1n) is 7.39. The number of benzene rings is 2. The number of halogens is 1. The van der Waals surface area contributed by atoms with Gasteiger partial charge in [-0.2, -0.15) is 0 Å². The number of nitrogens with one attached hydrogen (secondary N) is 2. The van der Waals surface area contributed by atoms with Gasteiger partial charge in [0.15, 0.2) is 0 Å². The molecule has 1 amide bonds. The Bertz CT molecular complexity index is 861. The van der Waals surface area contributed by atoms with Crippen molar-refractivity contribution in [3.63, 3.8) is 0 Å². The summed E-state index contributed by atoms with van der Waals surface area (Å²) in [4.78, 5) is 19.2. The third kappa shape index (κ3) is 3.36. The van der Waals surface area contributed by atoms with E-state index in [2.05, 4.69) is 15.3 Å². The molecular formula is C17H16FN3O3. The van der Waals surface area contributed by atoms with Crippen LogP contribution in [0.4, 0.5) is 4.39 Å². The number of phenolic OH excluding ortho intramolecular Hbond substituents is 1. The number of amides is 1. The number of nitrogens with zero attached hydrogens (tertiary/aromatic N) is 1. The molecule has 0 aliphatic carbocycles. The van der Waals surface area contributed by atoms with E-state index in [1.165, 1.54) is 24.5 Å². The topological polar surface area (TPSA) is 98.2 Å². The molecule has 24 heavy (non-hydrogen) atoms. The summed E-state index contributed by atoms with van der Waals surface area (Å²) in [5, 5.41) is 21.5. The first-order valence-corrected chi connectivity index (χ1v) is 7.39. The SMILES string of the molecule is O=C(N[C@H](CO)Cc1ccc(O)cc1)c1cc(F)cc2[nH]cnc12. The third-order valence-corrected chi connectivity index (χ3v) is 3.71. The summed E-state index contributed by atoms with van der Waals surface area (Å²) in [6.45, 7) is -0.272. The van der Waals surface area contributed by atoms with Crippen LogP contribution in [0.5, 0.6) is 5.75 Å². The maximum absolute atomic E-state index is 13.6. The fourth-order valence-electron chi connectivity index (χ4n) is 2.53. The van der Waals surface area contributed by atoms with Gasteiger partial charge in [-0.15, -0.1) is 0 Å². The van der Waals surface area contributed by atoms with Crippen molar-refractivity contribution in [1.82, 2.24) is 15.3 Å². The van der Waals surface area contributed by atoms with E-state index >= 15 is 0 Å². The molecule has 3 rings (SSSR count). The van der Waals surface area contributed by atoms with Crippen LogP contribution in [-0.2, 0) is 6.42 Å². The minimum Gasteiger partial charge on any atom is -0.508 e. The summed E-state index contributed by atoms with van der Waals surface area (Å²) in [7, 11) is 0. The van der Waals surface area contributed by atoms with Gasteiger partial charge in [0.2, 0.25) is 0 Å². The van der Waals surface area contributed by atoms with Crippen LogP contribution in [0.25, 0.3) is 11.0 Å². The molecule has 3 aromatic rings. The number of hydrogen-bond acceptors (Lipinski definition) is 4. The average molecular weight is 329 g/mol. The summed E-state index contributed by atoms with van der Waals surface area (Å²) in [6, 6.07) is 8.32. The Morgan fingerprint density at radius 2 is 2.04 bits per heavy atom. The van der Waals surface area contributed by atoms with Crippen LogP contribution in [0.1, 0.15) is 15.9 Å². The predicted octanol–water partition coefficient (Wildman–Crippen LogP) is 1.74. The maximum Gasteiger partial charge on any atom is 0.253 e. The second-order valence-corrected chi connectivity index (χ2v) is 5.48. The molecule has 0 saturated carbocycles. The van der Waals surface area contributed by atoms with Gasteiger partial charge in [0.05, 0.1) is 30.1 Å². The third-order valence-electron chi connectivity index (χ3n) is 3.71. The Hall–Kier alpha value is -2.93. The summed E-state index contributed by atoms with van der Waals surface area (Å²) < 4.78 is 13.6. The Labute approximate surface area is 137 Å². The molecule has 0 radical (unpaired) electrons. The molecule has 1 atom stereocenters. The molecule has 2 aromatic carbocycles. The molecule has 0 aliphatic heterocycles. The summed E-state index contributed by atoms with van der Waals surface area (Å²) >= 11 is 0. The van der Waals surface area contributed by atoms with Gasteiger partial charge in [-0.25, -0.2) is 9.37 Å². The summed E-state index contributed by atoms with van der Waals surface area (Å²) in [5.74, 6) is -0.913. The van der Waals surface area contributed by atoms with E-state index in [4.69, 9.17) is 0 Å². The first kappa shape index (κ1) is 15.9. The lowest BCUT2D eigenvalue weighted by Crippen LogP contribution is -2.39. The number of aliphatic hydroxyl groups is 1. The molecule has 0 aliphatic rings. The highest BCUT2D eigenvalue weighted by Gasteiger charge is 2.18. The van der Waals surface area contributed by atoms with Crippen molar-refractivity contribution in [3.05, 3.63) is 59.7 Å². The molecule has 0 bridgehead atoms. The van der Waals surface area contributed by atoms with E-state index in [0.717, 1.165) is 11.6 Å². The zero-order chi connectivity index (χ0) is 17.1. The van der Waals surface area contributed by atoms with Crippen LogP contribution >= 0.6 is 0 Å². The van der Waals surface area contributed by atoms with E-state index in [9.17, 15) is 19.4 Å². The van der Waals surface area contributed by atoms with Crippen molar-refractivity contribution in [2.24, 2.45) is 0 Å². The summed E-state index contributed by atoms with van der Waals surface area (Å²) in [5.41, 5.74) is 1.75. The molecule has 6 nitrogen and oxygen atoms in total. The van der Waals surface area contributed by atoms with Crippen molar-refractivity contribution in [2.75, 3.05) is 6.61 Å². The van der Waals surface area contributed by atoms with Crippen molar-refractivity contribution in [3.8, 4) is 5.75 Å². The Balaban J connectivity index is 1.78. The van der Waals surface area contributed by atoms with E-state index in [1.54, 1.807) is 12.1 Å². The second-order valence-electron chi connectivity index (χ2n) is 5.48. The van der Waals surface area contributed by atoms with Crippen LogP contribution in [0.3, 0.4) is 0 Å². The van der Waals surface area contributed by atoms with Gasteiger partial charge in [-0.05, 0) is 36.2 Å². The van der Waals surface area contributed by atoms with Gasteiger partial charge in [0, 0.05) is 0 Å². The van der Waals surface area contributed by atoms with E-state index in [0.29, 0.717) is 17.5 Å². The van der Waals surface area contributed by atoms with Crippen LogP contribution in [0.15, 0.2) is 42.7 Å². The second kappa shape index (κ2) is 6.67. The zero-order valence-corrected chi connectivity index (χ0v) is 12.7. The number of H-pyrrole nitrogens is 1. The van der Waals surface area contributed by atoms with Crippen molar-refractivity contribution < 1.29 is 19.4 Å². The number of phenols is 1. The number of rotatable bonds is 5. The summed E-state index contributed by atoms with van der Waals surface area (Å²) in [6.07, 6.45) is 1.77. The average Bonchev–Trinajstić information content (AvgIpc) is 3.03. The van der Waals surface area contributed by atoms with Crippen LogP contribution in [0.2, 0.25) is 0 Å². The maximum atomic E-state index is 13.6. The van der Waals surface area contributed by atoms with E-state index in [1.807, 2.05) is 0 Å². The molecule has 0 unspecified atom stereocenters. The Morgan fingerprint density at radius 1 is 1.29 bits per heavy atom. The van der Waals surface area contributed by atoms with Crippen molar-refractivity contribution >= 4 is 16.9 Å². The van der Waals surface area contributed by atoms with Gasteiger partial charge >= 0.3 is 0 Å². The lowest BCUT2D eigenvalue weighted by Gasteiger charge is -2.16. The van der Waals surface area contributed by atoms with Gasteiger partial charge < -0.3 is 20.5 Å². The first-order chi connectivity index (χ1) is 11.6. The number of hydrogen-bond donors (Lipinski definition) is 4. The lowest BCUT2D eigenvalue weighted by molar-refractivity contribution is 0.0917. The number of imidazole rings is 1. The number of fused-ring (bicyclic) bond motifs is 1. The molecule has 4 N–H and O–H groups in total. The predicted molar refractivity (Wildman–Crippen MR) is 86.2 cm³/mol. The van der Waals surface area contributed by atoms with Crippen molar-refractivity contribution in [2.45, 2.75) is 12.5 Å². The lowest BCUT2D eigenvalue weighted by atomic mass is 10.1. The number of carbonyl (C=O) groups is 1. The standard InChI is InChI=1S/C17H16FN3O3/c18-11-6-14(16-15(7-11)19-9-20-16)17(24)21-12(8-22)5-10-1-3-13(23)4-2-10/h1-4,6-7,9,12,22-23H,5,8H2,(H,19,20)(H,21,24)/t12-/m0/s1. The minimum atomic E-state index is -0.545. The quantitative estimate of drug-likeness (QED) is 0.573.